The first-order chi connectivity index (χ1) is 12.2. The summed E-state index contributed by atoms with van der Waals surface area (Å²) in [6.45, 7) is 1.83. The van der Waals surface area contributed by atoms with Crippen molar-refractivity contribution < 1.29 is 9.53 Å². The van der Waals surface area contributed by atoms with Gasteiger partial charge in [0.1, 0.15) is 5.75 Å². The normalized spacial score (nSPS) is 11.2. The monoisotopic (exact) mass is 333 g/mol. The van der Waals surface area contributed by atoms with Crippen molar-refractivity contribution >= 4 is 11.6 Å². The SMILES string of the molecule is COc1ccccc1/C(C)=N\NC(=O)c1ccccc1-n1cccc1. The van der Waals surface area contributed by atoms with Gasteiger partial charge in [-0.05, 0) is 43.3 Å². The number of rotatable bonds is 5. The lowest BCUT2D eigenvalue weighted by atomic mass is 10.1. The van der Waals surface area contributed by atoms with Crippen molar-refractivity contribution in [2.45, 2.75) is 6.92 Å². The van der Waals surface area contributed by atoms with Gasteiger partial charge in [0.2, 0.25) is 0 Å². The Kier molecular flexibility index (Phi) is 4.95. The lowest BCUT2D eigenvalue weighted by Crippen LogP contribution is -2.21. The number of nitrogens with one attached hydrogen (secondary N) is 1. The zero-order valence-corrected chi connectivity index (χ0v) is 14.1. The van der Waals surface area contributed by atoms with Gasteiger partial charge in [-0.2, -0.15) is 5.10 Å². The van der Waals surface area contributed by atoms with E-state index in [-0.39, 0.29) is 5.91 Å². The molecule has 0 radical (unpaired) electrons. The molecule has 126 valence electrons. The molecule has 5 heteroatoms. The number of amides is 1. The van der Waals surface area contributed by atoms with Gasteiger partial charge < -0.3 is 9.30 Å². The quantitative estimate of drug-likeness (QED) is 0.572. The second-order valence-electron chi connectivity index (χ2n) is 5.45. The number of carbonyl (C=O) groups is 1. The number of aromatic nitrogens is 1. The Labute approximate surface area is 146 Å². The molecule has 0 aliphatic heterocycles. The van der Waals surface area contributed by atoms with Crippen molar-refractivity contribution in [3.05, 3.63) is 84.2 Å². The summed E-state index contributed by atoms with van der Waals surface area (Å²) in [4.78, 5) is 12.6. The van der Waals surface area contributed by atoms with Crippen molar-refractivity contribution in [1.29, 1.82) is 0 Å². The molecule has 0 aliphatic rings. The maximum absolute atomic E-state index is 12.6. The Morgan fingerprint density at radius 1 is 0.960 bits per heavy atom. The largest absolute Gasteiger partial charge is 0.496 e. The van der Waals surface area contributed by atoms with Crippen molar-refractivity contribution in [2.24, 2.45) is 5.10 Å². The summed E-state index contributed by atoms with van der Waals surface area (Å²) in [7, 11) is 1.61. The molecule has 25 heavy (non-hydrogen) atoms. The van der Waals surface area contributed by atoms with Crippen LogP contribution in [0, 0.1) is 0 Å². The molecule has 5 nitrogen and oxygen atoms in total. The molecular weight excluding hydrogens is 314 g/mol. The maximum Gasteiger partial charge on any atom is 0.273 e. The second kappa shape index (κ2) is 7.49. The topological polar surface area (TPSA) is 55.6 Å². The molecule has 0 saturated carbocycles. The van der Waals surface area contributed by atoms with Crippen LogP contribution in [0.4, 0.5) is 0 Å². The average molecular weight is 333 g/mol. The highest BCUT2D eigenvalue weighted by Gasteiger charge is 2.12. The fourth-order valence-corrected chi connectivity index (χ4v) is 2.58. The first-order valence-electron chi connectivity index (χ1n) is 7.91. The third-order valence-corrected chi connectivity index (χ3v) is 3.85. The molecule has 0 bridgehead atoms. The molecule has 0 spiro atoms. The van der Waals surface area contributed by atoms with Crippen molar-refractivity contribution in [1.82, 2.24) is 9.99 Å². The Bertz CT molecular complexity index is 899. The molecule has 3 aromatic rings. The van der Waals surface area contributed by atoms with Crippen LogP contribution in [0.5, 0.6) is 5.75 Å². The van der Waals surface area contributed by atoms with E-state index in [0.717, 1.165) is 11.3 Å². The van der Waals surface area contributed by atoms with E-state index in [1.807, 2.05) is 78.5 Å². The van der Waals surface area contributed by atoms with Gasteiger partial charge in [-0.15, -0.1) is 0 Å². The van der Waals surface area contributed by atoms with E-state index in [2.05, 4.69) is 10.5 Å². The number of hydrogen-bond donors (Lipinski definition) is 1. The van der Waals surface area contributed by atoms with Crippen LogP contribution in [0.25, 0.3) is 5.69 Å². The molecule has 1 N–H and O–H groups in total. The fourth-order valence-electron chi connectivity index (χ4n) is 2.58. The highest BCUT2D eigenvalue weighted by molar-refractivity contribution is 6.03. The predicted molar refractivity (Wildman–Crippen MR) is 98.4 cm³/mol. The first-order valence-corrected chi connectivity index (χ1v) is 7.91. The molecule has 1 amide bonds. The van der Waals surface area contributed by atoms with E-state index in [1.165, 1.54) is 0 Å². The van der Waals surface area contributed by atoms with Crippen molar-refractivity contribution in [3.63, 3.8) is 0 Å². The number of hydrogen-bond acceptors (Lipinski definition) is 3. The zero-order valence-electron chi connectivity index (χ0n) is 14.1. The van der Waals surface area contributed by atoms with Crippen LogP contribution in [0.3, 0.4) is 0 Å². The minimum absolute atomic E-state index is 0.265. The summed E-state index contributed by atoms with van der Waals surface area (Å²) in [5, 5.41) is 4.23. The van der Waals surface area contributed by atoms with Crippen LogP contribution in [0.2, 0.25) is 0 Å². The summed E-state index contributed by atoms with van der Waals surface area (Å²) in [6, 6.07) is 18.8. The molecule has 0 saturated heterocycles. The van der Waals surface area contributed by atoms with Gasteiger partial charge in [-0.25, -0.2) is 5.43 Å². The van der Waals surface area contributed by atoms with E-state index in [0.29, 0.717) is 17.0 Å². The van der Waals surface area contributed by atoms with Crippen LogP contribution in [-0.2, 0) is 0 Å². The van der Waals surface area contributed by atoms with Gasteiger partial charge in [-0.1, -0.05) is 24.3 Å². The van der Waals surface area contributed by atoms with E-state index in [9.17, 15) is 4.79 Å². The summed E-state index contributed by atoms with van der Waals surface area (Å²) < 4.78 is 7.22. The molecule has 1 heterocycles. The lowest BCUT2D eigenvalue weighted by molar-refractivity contribution is 0.0955. The first kappa shape index (κ1) is 16.5. The van der Waals surface area contributed by atoms with Crippen LogP contribution in [-0.4, -0.2) is 23.3 Å². The molecule has 1 aromatic heterocycles. The smallest absolute Gasteiger partial charge is 0.273 e. The Balaban J connectivity index is 1.84. The van der Waals surface area contributed by atoms with Crippen molar-refractivity contribution in [2.75, 3.05) is 7.11 Å². The summed E-state index contributed by atoms with van der Waals surface area (Å²) in [5.74, 6) is 0.448. The molecule has 2 aromatic carbocycles. The van der Waals surface area contributed by atoms with Gasteiger partial charge in [-0.3, -0.25) is 4.79 Å². The number of methoxy groups -OCH3 is 1. The fraction of sp³-hybridized carbons (Fsp3) is 0.100. The summed E-state index contributed by atoms with van der Waals surface area (Å²) in [5.41, 5.74) is 5.49. The van der Waals surface area contributed by atoms with Crippen LogP contribution < -0.4 is 10.2 Å². The lowest BCUT2D eigenvalue weighted by Gasteiger charge is -2.10. The predicted octanol–water partition coefficient (Wildman–Crippen LogP) is 3.64. The van der Waals surface area contributed by atoms with Gasteiger partial charge in [0, 0.05) is 18.0 Å². The number of hydrazone groups is 1. The minimum Gasteiger partial charge on any atom is -0.496 e. The van der Waals surface area contributed by atoms with Gasteiger partial charge in [0.05, 0.1) is 24.1 Å². The van der Waals surface area contributed by atoms with Crippen LogP contribution in [0.15, 0.2) is 78.2 Å². The number of nitrogens with zero attached hydrogens (tertiary/aromatic N) is 2. The van der Waals surface area contributed by atoms with E-state index >= 15 is 0 Å². The van der Waals surface area contributed by atoms with Gasteiger partial charge >= 0.3 is 0 Å². The average Bonchev–Trinajstić information content (AvgIpc) is 3.20. The standard InChI is InChI=1S/C20H19N3O2/c1-15(16-9-4-6-12-19(16)25-2)21-22-20(24)17-10-3-5-11-18(17)23-13-7-8-14-23/h3-14H,1-2H3,(H,22,24)/b21-15-. The van der Waals surface area contributed by atoms with Gasteiger partial charge in [0.15, 0.2) is 0 Å². The Morgan fingerprint density at radius 3 is 2.32 bits per heavy atom. The third kappa shape index (κ3) is 3.61. The Morgan fingerprint density at radius 2 is 1.60 bits per heavy atom. The van der Waals surface area contributed by atoms with Gasteiger partial charge in [0.25, 0.3) is 5.91 Å². The third-order valence-electron chi connectivity index (χ3n) is 3.85. The van der Waals surface area contributed by atoms with Crippen LogP contribution in [0.1, 0.15) is 22.8 Å². The highest BCUT2D eigenvalue weighted by Crippen LogP contribution is 2.18. The highest BCUT2D eigenvalue weighted by atomic mass is 16.5. The molecular formula is C20H19N3O2. The maximum atomic E-state index is 12.6. The zero-order chi connectivity index (χ0) is 17.6. The van der Waals surface area contributed by atoms with E-state index < -0.39 is 0 Å². The second-order valence-corrected chi connectivity index (χ2v) is 5.45. The Hall–Kier alpha value is -3.34. The number of ether oxygens (including phenoxy) is 1. The number of para-hydroxylation sites is 2. The van der Waals surface area contributed by atoms with E-state index in [4.69, 9.17) is 4.74 Å². The molecule has 0 unspecified atom stereocenters. The number of carbonyl (C=O) groups excluding carboxylic acids is 1. The van der Waals surface area contributed by atoms with Crippen LogP contribution >= 0.6 is 0 Å². The van der Waals surface area contributed by atoms with E-state index in [1.54, 1.807) is 13.2 Å². The summed E-state index contributed by atoms with van der Waals surface area (Å²) >= 11 is 0. The molecule has 0 aliphatic carbocycles. The molecule has 0 atom stereocenters. The molecule has 3 rings (SSSR count). The molecule has 0 fully saturated rings. The number of benzene rings is 2. The summed E-state index contributed by atoms with van der Waals surface area (Å²) in [6.07, 6.45) is 3.80. The minimum atomic E-state index is -0.265. The van der Waals surface area contributed by atoms with Crippen molar-refractivity contribution in [3.8, 4) is 11.4 Å².